The van der Waals surface area contributed by atoms with Gasteiger partial charge in [0.15, 0.2) is 0 Å². The molecule has 29 heavy (non-hydrogen) atoms. The van der Waals surface area contributed by atoms with E-state index in [0.717, 1.165) is 22.6 Å². The van der Waals surface area contributed by atoms with Crippen molar-refractivity contribution in [2.45, 2.75) is 20.3 Å². The Morgan fingerprint density at radius 2 is 2.00 bits per heavy atom. The van der Waals surface area contributed by atoms with E-state index >= 15 is 0 Å². The number of rotatable bonds is 7. The molecule has 0 aromatic heterocycles. The summed E-state index contributed by atoms with van der Waals surface area (Å²) >= 11 is 0. The van der Waals surface area contributed by atoms with Crippen LogP contribution in [0.15, 0.2) is 60.2 Å². The lowest BCUT2D eigenvalue weighted by Crippen LogP contribution is -2.30. The molecule has 0 aliphatic carbocycles. The van der Waals surface area contributed by atoms with Crippen LogP contribution in [0.1, 0.15) is 23.1 Å². The van der Waals surface area contributed by atoms with Crippen LogP contribution in [0, 0.1) is 19.8 Å². The number of aryl methyl sites for hydroxylation is 2. The fourth-order valence-electron chi connectivity index (χ4n) is 3.09. The molecule has 150 valence electrons. The van der Waals surface area contributed by atoms with Gasteiger partial charge in [-0.1, -0.05) is 18.7 Å². The Labute approximate surface area is 170 Å². The first-order valence-electron chi connectivity index (χ1n) is 9.52. The highest BCUT2D eigenvalue weighted by Crippen LogP contribution is 2.26. The fraction of sp³-hybridized carbons (Fsp3) is 0.261. The van der Waals surface area contributed by atoms with Gasteiger partial charge in [0.2, 0.25) is 11.8 Å². The van der Waals surface area contributed by atoms with Crippen molar-refractivity contribution in [2.24, 2.45) is 11.0 Å². The fourth-order valence-corrected chi connectivity index (χ4v) is 3.09. The Morgan fingerprint density at radius 1 is 1.24 bits per heavy atom. The molecule has 6 heteroatoms. The number of hydrogen-bond acceptors (Lipinski definition) is 4. The van der Waals surface area contributed by atoms with E-state index in [9.17, 15) is 9.59 Å². The van der Waals surface area contributed by atoms with Crippen LogP contribution in [0.5, 0.6) is 5.75 Å². The quantitative estimate of drug-likeness (QED) is 0.447. The summed E-state index contributed by atoms with van der Waals surface area (Å²) < 4.78 is 5.42. The molecule has 1 atom stereocenters. The zero-order valence-corrected chi connectivity index (χ0v) is 16.7. The summed E-state index contributed by atoms with van der Waals surface area (Å²) in [4.78, 5) is 26.5. The second-order valence-electron chi connectivity index (χ2n) is 7.08. The summed E-state index contributed by atoms with van der Waals surface area (Å²) in [6, 6.07) is 13.2. The van der Waals surface area contributed by atoms with Gasteiger partial charge in [-0.15, -0.1) is 0 Å². The van der Waals surface area contributed by atoms with Crippen LogP contribution in [0.3, 0.4) is 0 Å². The molecule has 0 saturated carbocycles. The van der Waals surface area contributed by atoms with Crippen molar-refractivity contribution < 1.29 is 14.3 Å². The third-order valence-corrected chi connectivity index (χ3v) is 4.93. The van der Waals surface area contributed by atoms with Gasteiger partial charge in [0, 0.05) is 18.7 Å². The molecule has 1 heterocycles. The Hall–Kier alpha value is -3.41. The third-order valence-electron chi connectivity index (χ3n) is 4.93. The molecule has 0 radical (unpaired) electrons. The third kappa shape index (κ3) is 5.10. The van der Waals surface area contributed by atoms with Crippen LogP contribution in [0.25, 0.3) is 0 Å². The van der Waals surface area contributed by atoms with Crippen LogP contribution in [0.4, 0.5) is 5.69 Å². The molecule has 2 aromatic carbocycles. The molecular formula is C23H25N3O3. The Kier molecular flexibility index (Phi) is 6.44. The second-order valence-corrected chi connectivity index (χ2v) is 7.08. The van der Waals surface area contributed by atoms with Crippen LogP contribution in [-0.4, -0.2) is 31.2 Å². The molecule has 3 rings (SSSR count). The topological polar surface area (TPSA) is 71.0 Å². The number of ether oxygens (including phenoxy) is 1. The Bertz CT molecular complexity index is 935. The van der Waals surface area contributed by atoms with Gasteiger partial charge in [0.05, 0.1) is 12.1 Å². The van der Waals surface area contributed by atoms with Crippen molar-refractivity contribution >= 4 is 23.7 Å². The summed E-state index contributed by atoms with van der Waals surface area (Å²) in [5.74, 6) is 0.0114. The monoisotopic (exact) mass is 391 g/mol. The second kappa shape index (κ2) is 9.19. The van der Waals surface area contributed by atoms with E-state index in [1.54, 1.807) is 17.2 Å². The molecule has 0 unspecified atom stereocenters. The Morgan fingerprint density at radius 3 is 2.69 bits per heavy atom. The maximum absolute atomic E-state index is 12.4. The molecule has 0 spiro atoms. The highest BCUT2D eigenvalue weighted by atomic mass is 16.5. The van der Waals surface area contributed by atoms with Gasteiger partial charge in [-0.05, 0) is 66.9 Å². The van der Waals surface area contributed by atoms with Gasteiger partial charge in [-0.3, -0.25) is 9.59 Å². The lowest BCUT2D eigenvalue weighted by Gasteiger charge is -2.17. The summed E-state index contributed by atoms with van der Waals surface area (Å²) in [6.45, 7) is 8.45. The first kappa shape index (κ1) is 20.3. The maximum atomic E-state index is 12.4. The minimum absolute atomic E-state index is 0.0486. The highest BCUT2D eigenvalue weighted by Gasteiger charge is 2.35. The summed E-state index contributed by atoms with van der Waals surface area (Å²) in [5, 5.41) is 4.02. The van der Waals surface area contributed by atoms with E-state index in [2.05, 4.69) is 17.1 Å². The average Bonchev–Trinajstić information content (AvgIpc) is 3.11. The van der Waals surface area contributed by atoms with Crippen molar-refractivity contribution in [3.63, 3.8) is 0 Å². The van der Waals surface area contributed by atoms with E-state index < -0.39 is 5.92 Å². The van der Waals surface area contributed by atoms with Crippen LogP contribution >= 0.6 is 0 Å². The van der Waals surface area contributed by atoms with Gasteiger partial charge >= 0.3 is 0 Å². The summed E-state index contributed by atoms with van der Waals surface area (Å²) in [7, 11) is 0. The van der Waals surface area contributed by atoms with Gasteiger partial charge < -0.3 is 9.64 Å². The standard InChI is InChI=1S/C23H25N3O3/c1-4-11-29-21-9-6-18(7-10-21)14-24-25-23(28)19-13-22(27)26(15-19)20-8-5-16(2)17(3)12-20/h4-10,12,14,19H,1,11,13,15H2,2-3H3,(H,25,28)/b24-14-/t19-/m0/s1. The minimum Gasteiger partial charge on any atom is -0.490 e. The van der Waals surface area contributed by atoms with Gasteiger partial charge in [-0.2, -0.15) is 5.10 Å². The number of carbonyl (C=O) groups excluding carboxylic acids is 2. The first-order valence-corrected chi connectivity index (χ1v) is 9.52. The number of carbonyl (C=O) groups is 2. The first-order chi connectivity index (χ1) is 14.0. The number of anilines is 1. The lowest BCUT2D eigenvalue weighted by molar-refractivity contribution is -0.126. The molecular weight excluding hydrogens is 366 g/mol. The van der Waals surface area contributed by atoms with Crippen LogP contribution in [-0.2, 0) is 9.59 Å². The zero-order valence-electron chi connectivity index (χ0n) is 16.7. The van der Waals surface area contributed by atoms with E-state index in [1.165, 1.54) is 5.56 Å². The predicted octanol–water partition coefficient (Wildman–Crippen LogP) is 3.37. The smallest absolute Gasteiger partial charge is 0.245 e. The molecule has 0 bridgehead atoms. The molecule has 6 nitrogen and oxygen atoms in total. The van der Waals surface area contributed by atoms with Crippen molar-refractivity contribution in [3.05, 3.63) is 71.8 Å². The zero-order chi connectivity index (χ0) is 20.8. The van der Waals surface area contributed by atoms with E-state index in [-0.39, 0.29) is 18.2 Å². The number of amides is 2. The largest absolute Gasteiger partial charge is 0.490 e. The van der Waals surface area contributed by atoms with Crippen LogP contribution < -0.4 is 15.1 Å². The SMILES string of the molecule is C=CCOc1ccc(/C=N\NC(=O)[C@H]2CC(=O)N(c3ccc(C)c(C)c3)C2)cc1. The average molecular weight is 391 g/mol. The molecule has 1 aliphatic rings. The van der Waals surface area contributed by atoms with Crippen molar-refractivity contribution in [3.8, 4) is 5.75 Å². The van der Waals surface area contributed by atoms with E-state index in [4.69, 9.17) is 4.74 Å². The molecule has 2 aromatic rings. The summed E-state index contributed by atoms with van der Waals surface area (Å²) in [5.41, 5.74) is 6.49. The number of hydrazone groups is 1. The number of nitrogens with one attached hydrogen (secondary N) is 1. The van der Waals surface area contributed by atoms with Crippen LogP contribution in [0.2, 0.25) is 0 Å². The maximum Gasteiger partial charge on any atom is 0.245 e. The van der Waals surface area contributed by atoms with Gasteiger partial charge in [-0.25, -0.2) is 5.43 Å². The number of hydrogen-bond donors (Lipinski definition) is 1. The normalized spacial score (nSPS) is 16.3. The molecule has 1 aliphatic heterocycles. The minimum atomic E-state index is -0.420. The van der Waals surface area contributed by atoms with Crippen molar-refractivity contribution in [2.75, 3.05) is 18.1 Å². The molecule has 1 fully saturated rings. The molecule has 1 N–H and O–H groups in total. The number of benzene rings is 2. The van der Waals surface area contributed by atoms with E-state index in [1.807, 2.05) is 56.3 Å². The van der Waals surface area contributed by atoms with Crippen molar-refractivity contribution in [1.82, 2.24) is 5.43 Å². The number of nitrogens with zero attached hydrogens (tertiary/aromatic N) is 2. The highest BCUT2D eigenvalue weighted by molar-refractivity contribution is 6.00. The Balaban J connectivity index is 1.55. The van der Waals surface area contributed by atoms with Gasteiger partial charge in [0.25, 0.3) is 0 Å². The predicted molar refractivity (Wildman–Crippen MR) is 114 cm³/mol. The molecule has 1 saturated heterocycles. The lowest BCUT2D eigenvalue weighted by atomic mass is 10.1. The summed E-state index contributed by atoms with van der Waals surface area (Å²) in [6.07, 6.45) is 3.43. The van der Waals surface area contributed by atoms with E-state index in [0.29, 0.717) is 13.2 Å². The van der Waals surface area contributed by atoms with Crippen molar-refractivity contribution in [1.29, 1.82) is 0 Å². The van der Waals surface area contributed by atoms with Gasteiger partial charge in [0.1, 0.15) is 12.4 Å². The molecule has 2 amide bonds.